The summed E-state index contributed by atoms with van der Waals surface area (Å²) in [6, 6.07) is 0. The van der Waals surface area contributed by atoms with Crippen LogP contribution in [0.2, 0.25) is 0 Å². The summed E-state index contributed by atoms with van der Waals surface area (Å²) in [5.41, 5.74) is -0.705. The Balaban J connectivity index is 3.68. The van der Waals surface area contributed by atoms with Crippen molar-refractivity contribution in [3.05, 3.63) is 0 Å². The van der Waals surface area contributed by atoms with Crippen molar-refractivity contribution in [2.75, 3.05) is 0 Å². The van der Waals surface area contributed by atoms with Gasteiger partial charge in [-0.05, 0) is 32.1 Å². The molecule has 2 N–H and O–H groups in total. The summed E-state index contributed by atoms with van der Waals surface area (Å²) in [7, 11) is 0. The summed E-state index contributed by atoms with van der Waals surface area (Å²) in [5.74, 6) is -0.347. The Morgan fingerprint density at radius 3 is 2.38 bits per heavy atom. The minimum atomic E-state index is -0.791. The highest BCUT2D eigenvalue weighted by atomic mass is 16.4. The molecule has 0 radical (unpaired) electrons. The van der Waals surface area contributed by atoms with E-state index in [1.807, 2.05) is 13.8 Å². The van der Waals surface area contributed by atoms with Crippen LogP contribution in [0.5, 0.6) is 0 Å². The van der Waals surface area contributed by atoms with Gasteiger partial charge in [0.05, 0.1) is 5.60 Å². The monoisotopic (exact) mass is 188 g/mol. The van der Waals surface area contributed by atoms with Crippen LogP contribution in [0, 0.1) is 5.92 Å². The summed E-state index contributed by atoms with van der Waals surface area (Å²) in [5, 5.41) is 18.2. The van der Waals surface area contributed by atoms with Gasteiger partial charge < -0.3 is 10.2 Å². The first-order valence-electron chi connectivity index (χ1n) is 4.77. The summed E-state index contributed by atoms with van der Waals surface area (Å²) >= 11 is 0. The average Bonchev–Trinajstić information content (AvgIpc) is 1.81. The number of carbonyl (C=O) groups is 1. The van der Waals surface area contributed by atoms with Crippen LogP contribution in [-0.4, -0.2) is 21.8 Å². The third kappa shape index (κ3) is 7.78. The van der Waals surface area contributed by atoms with Crippen molar-refractivity contribution < 1.29 is 15.0 Å². The summed E-state index contributed by atoms with van der Waals surface area (Å²) in [6.07, 6.45) is 1.99. The smallest absolute Gasteiger partial charge is 0.303 e. The molecule has 0 spiro atoms. The van der Waals surface area contributed by atoms with E-state index in [1.165, 1.54) is 0 Å². The van der Waals surface area contributed by atoms with E-state index in [0.29, 0.717) is 18.8 Å². The van der Waals surface area contributed by atoms with Gasteiger partial charge >= 0.3 is 5.97 Å². The van der Waals surface area contributed by atoms with Crippen LogP contribution in [0.25, 0.3) is 0 Å². The number of carboxylic acids is 1. The maximum absolute atomic E-state index is 10.2. The van der Waals surface area contributed by atoms with Gasteiger partial charge in [-0.2, -0.15) is 0 Å². The first kappa shape index (κ1) is 12.4. The summed E-state index contributed by atoms with van der Waals surface area (Å²) < 4.78 is 0. The minimum absolute atomic E-state index is 0.147. The van der Waals surface area contributed by atoms with Crippen LogP contribution in [0.1, 0.15) is 46.5 Å². The molecule has 0 bridgehead atoms. The van der Waals surface area contributed by atoms with Crippen molar-refractivity contribution in [2.24, 2.45) is 5.92 Å². The fourth-order valence-corrected chi connectivity index (χ4v) is 1.60. The molecule has 13 heavy (non-hydrogen) atoms. The fourth-order valence-electron chi connectivity index (χ4n) is 1.60. The Bertz CT molecular complexity index is 162. The number of aliphatic carboxylic acids is 1. The lowest BCUT2D eigenvalue weighted by molar-refractivity contribution is -0.137. The number of rotatable bonds is 6. The number of hydrogen-bond donors (Lipinski definition) is 2. The van der Waals surface area contributed by atoms with Gasteiger partial charge in [-0.3, -0.25) is 4.79 Å². The highest BCUT2D eigenvalue weighted by molar-refractivity contribution is 5.66. The van der Waals surface area contributed by atoms with Gasteiger partial charge in [0, 0.05) is 6.42 Å². The predicted octanol–water partition coefficient (Wildman–Crippen LogP) is 2.04. The van der Waals surface area contributed by atoms with Crippen LogP contribution in [0.15, 0.2) is 0 Å². The number of hydrogen-bond acceptors (Lipinski definition) is 2. The largest absolute Gasteiger partial charge is 0.481 e. The van der Waals surface area contributed by atoms with Crippen molar-refractivity contribution in [3.63, 3.8) is 0 Å². The van der Waals surface area contributed by atoms with E-state index in [1.54, 1.807) is 6.92 Å². The molecule has 0 fully saturated rings. The molecule has 0 aromatic carbocycles. The lowest BCUT2D eigenvalue weighted by atomic mass is 9.89. The second-order valence-electron chi connectivity index (χ2n) is 4.34. The van der Waals surface area contributed by atoms with Gasteiger partial charge in [0.25, 0.3) is 0 Å². The Labute approximate surface area is 79.8 Å². The lowest BCUT2D eigenvalue weighted by Crippen LogP contribution is -2.26. The zero-order valence-corrected chi connectivity index (χ0v) is 8.71. The van der Waals surface area contributed by atoms with E-state index >= 15 is 0 Å². The number of carboxylic acid groups (broad SMARTS) is 1. The van der Waals surface area contributed by atoms with E-state index in [-0.39, 0.29) is 6.42 Å². The number of aliphatic hydroxyl groups is 1. The van der Waals surface area contributed by atoms with Crippen molar-refractivity contribution in [1.29, 1.82) is 0 Å². The Morgan fingerprint density at radius 1 is 1.46 bits per heavy atom. The molecule has 0 aromatic heterocycles. The Morgan fingerprint density at radius 2 is 2.00 bits per heavy atom. The maximum Gasteiger partial charge on any atom is 0.303 e. The quantitative estimate of drug-likeness (QED) is 0.670. The topological polar surface area (TPSA) is 57.5 Å². The molecule has 78 valence electrons. The molecule has 1 atom stereocenters. The van der Waals surface area contributed by atoms with Crippen LogP contribution in [-0.2, 0) is 4.79 Å². The van der Waals surface area contributed by atoms with Gasteiger partial charge in [-0.15, -0.1) is 0 Å². The van der Waals surface area contributed by atoms with Crippen LogP contribution >= 0.6 is 0 Å². The molecule has 0 rings (SSSR count). The van der Waals surface area contributed by atoms with E-state index in [0.717, 1.165) is 6.42 Å². The van der Waals surface area contributed by atoms with Crippen molar-refractivity contribution in [3.8, 4) is 0 Å². The Kier molecular flexibility index (Phi) is 4.99. The normalized spacial score (nSPS) is 15.8. The van der Waals surface area contributed by atoms with Gasteiger partial charge in [0.1, 0.15) is 0 Å². The molecular weight excluding hydrogens is 168 g/mol. The first-order valence-corrected chi connectivity index (χ1v) is 4.77. The van der Waals surface area contributed by atoms with Gasteiger partial charge in [-0.25, -0.2) is 0 Å². The van der Waals surface area contributed by atoms with Crippen LogP contribution < -0.4 is 0 Å². The molecule has 0 saturated heterocycles. The molecular formula is C10H20O3. The molecule has 0 aliphatic carbocycles. The third-order valence-electron chi connectivity index (χ3n) is 1.95. The molecule has 3 heteroatoms. The van der Waals surface area contributed by atoms with Crippen molar-refractivity contribution in [1.82, 2.24) is 0 Å². The molecule has 0 saturated carbocycles. The zero-order chi connectivity index (χ0) is 10.5. The highest BCUT2D eigenvalue weighted by Gasteiger charge is 2.21. The SMILES string of the molecule is CC(C)CC(C)(O)CCCC(=O)O. The van der Waals surface area contributed by atoms with E-state index in [4.69, 9.17) is 5.11 Å². The summed E-state index contributed by atoms with van der Waals surface area (Å²) in [4.78, 5) is 10.2. The van der Waals surface area contributed by atoms with E-state index in [2.05, 4.69) is 0 Å². The maximum atomic E-state index is 10.2. The zero-order valence-electron chi connectivity index (χ0n) is 8.71. The van der Waals surface area contributed by atoms with Gasteiger partial charge in [-0.1, -0.05) is 13.8 Å². The predicted molar refractivity (Wildman–Crippen MR) is 51.6 cm³/mol. The highest BCUT2D eigenvalue weighted by Crippen LogP contribution is 2.22. The lowest BCUT2D eigenvalue weighted by Gasteiger charge is -2.24. The fraction of sp³-hybridized carbons (Fsp3) is 0.900. The molecule has 0 aliphatic heterocycles. The van der Waals surface area contributed by atoms with E-state index < -0.39 is 11.6 Å². The van der Waals surface area contributed by atoms with Gasteiger partial charge in [0.2, 0.25) is 0 Å². The van der Waals surface area contributed by atoms with Crippen LogP contribution in [0.4, 0.5) is 0 Å². The molecule has 0 aliphatic rings. The van der Waals surface area contributed by atoms with Crippen LogP contribution in [0.3, 0.4) is 0 Å². The first-order chi connectivity index (χ1) is 5.83. The van der Waals surface area contributed by atoms with E-state index in [9.17, 15) is 9.90 Å². The molecule has 0 aromatic rings. The second-order valence-corrected chi connectivity index (χ2v) is 4.34. The second kappa shape index (κ2) is 5.22. The molecule has 3 nitrogen and oxygen atoms in total. The summed E-state index contributed by atoms with van der Waals surface area (Å²) in [6.45, 7) is 5.87. The molecule has 0 amide bonds. The average molecular weight is 188 g/mol. The molecule has 0 heterocycles. The molecule has 1 unspecified atom stereocenters. The van der Waals surface area contributed by atoms with Crippen molar-refractivity contribution in [2.45, 2.75) is 52.1 Å². The van der Waals surface area contributed by atoms with Gasteiger partial charge in [0.15, 0.2) is 0 Å². The standard InChI is InChI=1S/C10H20O3/c1-8(2)7-10(3,13)6-4-5-9(11)12/h8,13H,4-7H2,1-3H3,(H,11,12). The third-order valence-corrected chi connectivity index (χ3v) is 1.95. The Hall–Kier alpha value is -0.570. The van der Waals surface area contributed by atoms with Crippen molar-refractivity contribution >= 4 is 5.97 Å². The minimum Gasteiger partial charge on any atom is -0.481 e.